The van der Waals surface area contributed by atoms with Gasteiger partial charge in [0.25, 0.3) is 0 Å². The van der Waals surface area contributed by atoms with E-state index in [9.17, 15) is 20.1 Å². The van der Waals surface area contributed by atoms with Crippen LogP contribution in [0, 0.1) is 0 Å². The summed E-state index contributed by atoms with van der Waals surface area (Å²) >= 11 is 0. The van der Waals surface area contributed by atoms with E-state index in [0.717, 1.165) is 57.8 Å². The van der Waals surface area contributed by atoms with Gasteiger partial charge in [0.15, 0.2) is 0 Å². The van der Waals surface area contributed by atoms with Crippen LogP contribution in [0.25, 0.3) is 0 Å². The number of aliphatic hydroxyl groups excluding tert-OH is 3. The number of carbonyl (C=O) groups excluding carboxylic acids is 1. The Balaban J connectivity index is 3.77. The molecule has 0 aromatic rings. The quantitative estimate of drug-likeness (QED) is 0.0303. The molecule has 3 atom stereocenters. The molecular formula is C43H79NO4. The second kappa shape index (κ2) is 38.1. The number of nitrogens with one attached hydrogen (secondary N) is 1. The van der Waals surface area contributed by atoms with Gasteiger partial charge in [0.05, 0.1) is 31.3 Å². The third kappa shape index (κ3) is 34.2. The SMILES string of the molecule is CCCCC/C=C\C=C/CCCCCCC(O)CC(=O)NC(CO)C(O)/C=C/CC/C=C/CCCCCCCCCCCCCCCC. The first-order valence-electron chi connectivity index (χ1n) is 20.4. The number of allylic oxidation sites excluding steroid dienone is 7. The van der Waals surface area contributed by atoms with Crippen molar-refractivity contribution in [1.29, 1.82) is 0 Å². The van der Waals surface area contributed by atoms with Crippen molar-refractivity contribution in [2.45, 2.75) is 212 Å². The van der Waals surface area contributed by atoms with E-state index < -0.39 is 18.2 Å². The van der Waals surface area contributed by atoms with Gasteiger partial charge in [0, 0.05) is 0 Å². The second-order valence-electron chi connectivity index (χ2n) is 13.9. The van der Waals surface area contributed by atoms with Gasteiger partial charge in [-0.05, 0) is 57.8 Å². The van der Waals surface area contributed by atoms with E-state index in [1.807, 2.05) is 6.08 Å². The first kappa shape index (κ1) is 46.3. The standard InChI is InChI=1S/C43H79NO4/c1-3-5-7-9-11-13-15-17-18-19-20-21-22-23-25-27-29-31-33-35-37-42(47)41(39-45)44-43(48)38-40(46)36-34-32-30-28-26-24-16-14-12-10-8-6-4-2/h12,14,16,24,27,29,35,37,40-42,45-47H,3-11,13,15,17-23,25-26,28,30-34,36,38-39H2,1-2H3,(H,44,48)/b14-12-,24-16-,29-27+,37-35+. The Morgan fingerprint density at radius 1 is 0.542 bits per heavy atom. The Morgan fingerprint density at radius 3 is 1.50 bits per heavy atom. The molecule has 0 fully saturated rings. The molecule has 4 N–H and O–H groups in total. The van der Waals surface area contributed by atoms with E-state index in [1.54, 1.807) is 6.08 Å². The predicted octanol–water partition coefficient (Wildman–Crippen LogP) is 11.4. The number of hydrogen-bond acceptors (Lipinski definition) is 4. The Morgan fingerprint density at radius 2 is 0.958 bits per heavy atom. The van der Waals surface area contributed by atoms with Crippen LogP contribution in [0.1, 0.15) is 194 Å². The summed E-state index contributed by atoms with van der Waals surface area (Å²) in [6, 6.07) is -0.768. The van der Waals surface area contributed by atoms with Crippen LogP contribution in [0.3, 0.4) is 0 Å². The van der Waals surface area contributed by atoms with Crippen molar-refractivity contribution >= 4 is 5.91 Å². The van der Waals surface area contributed by atoms with E-state index in [1.165, 1.54) is 109 Å². The van der Waals surface area contributed by atoms with Gasteiger partial charge in [-0.25, -0.2) is 0 Å². The minimum absolute atomic E-state index is 0.00956. The van der Waals surface area contributed by atoms with Gasteiger partial charge < -0.3 is 20.6 Å². The number of carbonyl (C=O) groups is 1. The molecule has 0 aliphatic heterocycles. The molecule has 0 bridgehead atoms. The van der Waals surface area contributed by atoms with Crippen molar-refractivity contribution in [3.63, 3.8) is 0 Å². The van der Waals surface area contributed by atoms with E-state index >= 15 is 0 Å². The molecule has 0 rings (SSSR count). The summed E-state index contributed by atoms with van der Waals surface area (Å²) in [7, 11) is 0. The molecule has 0 spiro atoms. The minimum atomic E-state index is -0.957. The molecule has 0 aromatic carbocycles. The summed E-state index contributed by atoms with van der Waals surface area (Å²) in [6.07, 6.45) is 48.2. The van der Waals surface area contributed by atoms with Crippen LogP contribution in [0.4, 0.5) is 0 Å². The Kier molecular flexibility index (Phi) is 36.8. The highest BCUT2D eigenvalue weighted by atomic mass is 16.3. The zero-order chi connectivity index (χ0) is 35.2. The largest absolute Gasteiger partial charge is 0.394 e. The number of unbranched alkanes of at least 4 members (excludes halogenated alkanes) is 22. The lowest BCUT2D eigenvalue weighted by atomic mass is 10.0. The zero-order valence-corrected chi connectivity index (χ0v) is 31.6. The average Bonchev–Trinajstić information content (AvgIpc) is 3.08. The van der Waals surface area contributed by atoms with Crippen LogP contribution in [0.5, 0.6) is 0 Å². The zero-order valence-electron chi connectivity index (χ0n) is 31.6. The van der Waals surface area contributed by atoms with Crippen molar-refractivity contribution in [1.82, 2.24) is 5.32 Å². The third-order valence-corrected chi connectivity index (χ3v) is 9.12. The highest BCUT2D eigenvalue weighted by molar-refractivity contribution is 5.76. The molecule has 0 heterocycles. The number of hydrogen-bond donors (Lipinski definition) is 4. The van der Waals surface area contributed by atoms with Crippen LogP contribution >= 0.6 is 0 Å². The summed E-state index contributed by atoms with van der Waals surface area (Å²) < 4.78 is 0. The topological polar surface area (TPSA) is 89.8 Å². The first-order chi connectivity index (χ1) is 23.5. The van der Waals surface area contributed by atoms with E-state index in [-0.39, 0.29) is 18.9 Å². The molecule has 0 aliphatic rings. The summed E-state index contributed by atoms with van der Waals surface area (Å²) in [6.45, 7) is 4.15. The fraction of sp³-hybridized carbons (Fsp3) is 0.791. The molecule has 0 aliphatic carbocycles. The van der Waals surface area contributed by atoms with Gasteiger partial charge in [-0.2, -0.15) is 0 Å². The Hall–Kier alpha value is -1.69. The third-order valence-electron chi connectivity index (χ3n) is 9.12. The first-order valence-corrected chi connectivity index (χ1v) is 20.4. The molecular weight excluding hydrogens is 594 g/mol. The van der Waals surface area contributed by atoms with Crippen molar-refractivity contribution in [3.05, 3.63) is 48.6 Å². The monoisotopic (exact) mass is 674 g/mol. The molecule has 5 heteroatoms. The van der Waals surface area contributed by atoms with Crippen LogP contribution in [0.15, 0.2) is 48.6 Å². The van der Waals surface area contributed by atoms with Gasteiger partial charge in [0.2, 0.25) is 5.91 Å². The minimum Gasteiger partial charge on any atom is -0.394 e. The molecule has 48 heavy (non-hydrogen) atoms. The van der Waals surface area contributed by atoms with Crippen molar-refractivity contribution < 1.29 is 20.1 Å². The predicted molar refractivity (Wildman–Crippen MR) is 208 cm³/mol. The van der Waals surface area contributed by atoms with Gasteiger partial charge in [-0.3, -0.25) is 4.79 Å². The summed E-state index contributed by atoms with van der Waals surface area (Å²) in [5.41, 5.74) is 0. The second-order valence-corrected chi connectivity index (χ2v) is 13.9. The summed E-state index contributed by atoms with van der Waals surface area (Å²) in [4.78, 5) is 12.4. The summed E-state index contributed by atoms with van der Waals surface area (Å²) in [5, 5.41) is 33.1. The van der Waals surface area contributed by atoms with Crippen molar-refractivity contribution in [2.24, 2.45) is 0 Å². The molecule has 5 nitrogen and oxygen atoms in total. The molecule has 0 radical (unpaired) electrons. The molecule has 3 unspecified atom stereocenters. The molecule has 0 aromatic heterocycles. The van der Waals surface area contributed by atoms with Crippen LogP contribution in [-0.2, 0) is 4.79 Å². The van der Waals surface area contributed by atoms with Crippen LogP contribution in [-0.4, -0.2) is 46.1 Å². The number of amides is 1. The van der Waals surface area contributed by atoms with Gasteiger partial charge in [-0.15, -0.1) is 0 Å². The van der Waals surface area contributed by atoms with E-state index in [4.69, 9.17) is 0 Å². The van der Waals surface area contributed by atoms with E-state index in [0.29, 0.717) is 6.42 Å². The highest BCUT2D eigenvalue weighted by Gasteiger charge is 2.20. The Bertz CT molecular complexity index is 790. The maximum absolute atomic E-state index is 12.4. The van der Waals surface area contributed by atoms with Gasteiger partial charge in [-0.1, -0.05) is 178 Å². The number of rotatable bonds is 36. The van der Waals surface area contributed by atoms with Crippen LogP contribution < -0.4 is 5.32 Å². The normalized spacial score (nSPS) is 14.2. The maximum Gasteiger partial charge on any atom is 0.222 e. The lowest BCUT2D eigenvalue weighted by molar-refractivity contribution is -0.124. The lowest BCUT2D eigenvalue weighted by Crippen LogP contribution is -2.45. The summed E-state index contributed by atoms with van der Waals surface area (Å²) in [5.74, 6) is -0.340. The lowest BCUT2D eigenvalue weighted by Gasteiger charge is -2.20. The van der Waals surface area contributed by atoms with Crippen molar-refractivity contribution in [2.75, 3.05) is 6.61 Å². The van der Waals surface area contributed by atoms with Gasteiger partial charge >= 0.3 is 0 Å². The molecule has 0 saturated carbocycles. The fourth-order valence-corrected chi connectivity index (χ4v) is 5.93. The molecule has 0 saturated heterocycles. The number of aliphatic hydroxyl groups is 3. The fourth-order valence-electron chi connectivity index (χ4n) is 5.93. The smallest absolute Gasteiger partial charge is 0.222 e. The van der Waals surface area contributed by atoms with Gasteiger partial charge in [0.1, 0.15) is 0 Å². The van der Waals surface area contributed by atoms with E-state index in [2.05, 4.69) is 55.6 Å². The molecule has 1 amide bonds. The van der Waals surface area contributed by atoms with Crippen LogP contribution in [0.2, 0.25) is 0 Å². The Labute approximate surface area is 297 Å². The molecule has 280 valence electrons. The van der Waals surface area contributed by atoms with Crippen molar-refractivity contribution in [3.8, 4) is 0 Å². The average molecular weight is 674 g/mol. The highest BCUT2D eigenvalue weighted by Crippen LogP contribution is 2.14. The maximum atomic E-state index is 12.4.